The third-order valence-electron chi connectivity index (χ3n) is 3.14. The Balaban J connectivity index is 1.76. The van der Waals surface area contributed by atoms with Gasteiger partial charge < -0.3 is 4.90 Å². The van der Waals surface area contributed by atoms with E-state index < -0.39 is 0 Å². The molecule has 2 aliphatic rings. The molecule has 0 bridgehead atoms. The van der Waals surface area contributed by atoms with E-state index in [1.807, 2.05) is 0 Å². The molecule has 2 rings (SSSR count). The Bertz CT molecular complexity index is 139. The van der Waals surface area contributed by atoms with Gasteiger partial charge >= 0.3 is 0 Å². The standard InChI is InChI=1S/C9H19N2P/c1-10(12)8-4-6-11(7-5-8)9-2-3-9/h8-9H,2-7,12H2,1H3. The van der Waals surface area contributed by atoms with E-state index in [2.05, 4.69) is 26.0 Å². The number of rotatable bonds is 2. The average Bonchev–Trinajstić information content (AvgIpc) is 2.87. The fraction of sp³-hybridized carbons (Fsp3) is 1.00. The number of hydrogen-bond donors (Lipinski definition) is 0. The van der Waals surface area contributed by atoms with Crippen molar-refractivity contribution in [1.82, 2.24) is 9.57 Å². The average molecular weight is 186 g/mol. The van der Waals surface area contributed by atoms with Crippen molar-refractivity contribution in [2.24, 2.45) is 0 Å². The van der Waals surface area contributed by atoms with Gasteiger partial charge in [-0.3, -0.25) is 4.67 Å². The second-order valence-corrected chi connectivity index (χ2v) is 4.98. The molecule has 0 N–H and O–H groups in total. The van der Waals surface area contributed by atoms with Crippen LogP contribution in [0.1, 0.15) is 25.7 Å². The van der Waals surface area contributed by atoms with Crippen LogP contribution in [-0.2, 0) is 0 Å². The molecule has 1 aliphatic carbocycles. The number of piperidine rings is 1. The molecule has 1 atom stereocenters. The molecule has 1 aliphatic heterocycles. The summed E-state index contributed by atoms with van der Waals surface area (Å²) < 4.78 is 2.30. The van der Waals surface area contributed by atoms with Crippen LogP contribution in [-0.4, -0.2) is 41.8 Å². The Hall–Kier alpha value is 0.350. The van der Waals surface area contributed by atoms with Crippen LogP contribution in [0, 0.1) is 0 Å². The molecule has 0 aromatic carbocycles. The Kier molecular flexibility index (Phi) is 2.69. The Morgan fingerprint density at radius 3 is 2.17 bits per heavy atom. The molecule has 0 radical (unpaired) electrons. The minimum absolute atomic E-state index is 0.810. The van der Waals surface area contributed by atoms with E-state index >= 15 is 0 Å². The molecule has 0 aromatic heterocycles. The molecule has 0 aromatic rings. The Labute approximate surface area is 77.6 Å². The fourth-order valence-electron chi connectivity index (χ4n) is 2.10. The first-order valence-corrected chi connectivity index (χ1v) is 5.50. The van der Waals surface area contributed by atoms with E-state index in [0.717, 1.165) is 12.1 Å². The zero-order valence-electron chi connectivity index (χ0n) is 7.87. The lowest BCUT2D eigenvalue weighted by atomic mass is 10.1. The topological polar surface area (TPSA) is 6.48 Å². The molecule has 1 saturated carbocycles. The van der Waals surface area contributed by atoms with Crippen molar-refractivity contribution < 1.29 is 0 Å². The van der Waals surface area contributed by atoms with E-state index in [4.69, 9.17) is 0 Å². The molecular formula is C9H19N2P. The van der Waals surface area contributed by atoms with Gasteiger partial charge in [0.05, 0.1) is 0 Å². The second-order valence-electron chi connectivity index (χ2n) is 4.16. The summed E-state index contributed by atoms with van der Waals surface area (Å²) in [5, 5.41) is 0. The molecule has 12 heavy (non-hydrogen) atoms. The maximum atomic E-state index is 2.79. The number of likely N-dealkylation sites (tertiary alicyclic amines) is 1. The molecule has 1 saturated heterocycles. The van der Waals surface area contributed by atoms with Crippen LogP contribution < -0.4 is 0 Å². The summed E-state index contributed by atoms with van der Waals surface area (Å²) in [5.74, 6) is 0. The minimum atomic E-state index is 0.810. The van der Waals surface area contributed by atoms with Crippen molar-refractivity contribution >= 4 is 9.39 Å². The quantitative estimate of drug-likeness (QED) is 0.600. The van der Waals surface area contributed by atoms with Crippen molar-refractivity contribution in [3.05, 3.63) is 0 Å². The van der Waals surface area contributed by atoms with Gasteiger partial charge in [0.25, 0.3) is 0 Å². The fourth-order valence-corrected chi connectivity index (χ4v) is 2.40. The summed E-state index contributed by atoms with van der Waals surface area (Å²) in [6, 6.07) is 1.78. The smallest absolute Gasteiger partial charge is 0.0151 e. The largest absolute Gasteiger partial charge is 0.300 e. The van der Waals surface area contributed by atoms with E-state index in [1.54, 1.807) is 0 Å². The monoisotopic (exact) mass is 186 g/mol. The first-order valence-electron chi connectivity index (χ1n) is 4.99. The molecule has 2 nitrogen and oxygen atoms in total. The highest BCUT2D eigenvalue weighted by Gasteiger charge is 2.31. The summed E-state index contributed by atoms with van der Waals surface area (Å²) in [5.41, 5.74) is 0. The first-order chi connectivity index (χ1) is 5.77. The van der Waals surface area contributed by atoms with Crippen LogP contribution in [0.3, 0.4) is 0 Å². The molecule has 3 heteroatoms. The zero-order valence-corrected chi connectivity index (χ0v) is 9.02. The lowest BCUT2D eigenvalue weighted by molar-refractivity contribution is 0.167. The normalized spacial score (nSPS) is 28.2. The maximum absolute atomic E-state index is 2.79. The SMILES string of the molecule is CN(P)C1CCN(C2CC2)CC1. The van der Waals surface area contributed by atoms with Crippen LogP contribution in [0.4, 0.5) is 0 Å². The van der Waals surface area contributed by atoms with Crippen molar-refractivity contribution in [2.75, 3.05) is 20.1 Å². The van der Waals surface area contributed by atoms with Crippen LogP contribution in [0.5, 0.6) is 0 Å². The van der Waals surface area contributed by atoms with E-state index in [9.17, 15) is 0 Å². The predicted octanol–water partition coefficient (Wildman–Crippen LogP) is 1.34. The Morgan fingerprint density at radius 2 is 1.75 bits per heavy atom. The molecule has 2 fully saturated rings. The van der Waals surface area contributed by atoms with E-state index in [-0.39, 0.29) is 0 Å². The van der Waals surface area contributed by atoms with Gasteiger partial charge in [0.1, 0.15) is 0 Å². The van der Waals surface area contributed by atoms with Crippen LogP contribution in [0.2, 0.25) is 0 Å². The highest BCUT2D eigenvalue weighted by Crippen LogP contribution is 2.30. The van der Waals surface area contributed by atoms with Gasteiger partial charge in [0.2, 0.25) is 0 Å². The zero-order chi connectivity index (χ0) is 8.55. The lowest BCUT2D eigenvalue weighted by Crippen LogP contribution is -2.41. The molecular weight excluding hydrogens is 167 g/mol. The maximum Gasteiger partial charge on any atom is 0.0151 e. The van der Waals surface area contributed by atoms with Gasteiger partial charge in [-0.1, -0.05) is 9.39 Å². The molecule has 70 valence electrons. The summed E-state index contributed by atoms with van der Waals surface area (Å²) in [6.07, 6.45) is 5.63. The van der Waals surface area contributed by atoms with Crippen molar-refractivity contribution in [1.29, 1.82) is 0 Å². The lowest BCUT2D eigenvalue weighted by Gasteiger charge is -2.35. The highest BCUT2D eigenvalue weighted by molar-refractivity contribution is 7.13. The van der Waals surface area contributed by atoms with Gasteiger partial charge in [-0.25, -0.2) is 0 Å². The van der Waals surface area contributed by atoms with Gasteiger partial charge in [0, 0.05) is 12.1 Å². The van der Waals surface area contributed by atoms with E-state index in [0.29, 0.717) is 0 Å². The van der Waals surface area contributed by atoms with Gasteiger partial charge in [-0.05, 0) is 45.8 Å². The first kappa shape index (κ1) is 8.93. The van der Waals surface area contributed by atoms with Gasteiger partial charge in [-0.15, -0.1) is 0 Å². The third-order valence-corrected chi connectivity index (χ3v) is 3.56. The van der Waals surface area contributed by atoms with Gasteiger partial charge in [-0.2, -0.15) is 0 Å². The summed E-state index contributed by atoms with van der Waals surface area (Å²) >= 11 is 0. The second kappa shape index (κ2) is 3.61. The summed E-state index contributed by atoms with van der Waals surface area (Å²) in [4.78, 5) is 2.67. The van der Waals surface area contributed by atoms with Crippen molar-refractivity contribution in [2.45, 2.75) is 37.8 Å². The highest BCUT2D eigenvalue weighted by atomic mass is 31.0. The van der Waals surface area contributed by atoms with Crippen molar-refractivity contribution in [3.8, 4) is 0 Å². The van der Waals surface area contributed by atoms with E-state index in [1.165, 1.54) is 38.8 Å². The number of hydrogen-bond acceptors (Lipinski definition) is 2. The predicted molar refractivity (Wildman–Crippen MR) is 55.1 cm³/mol. The minimum Gasteiger partial charge on any atom is -0.300 e. The summed E-state index contributed by atoms with van der Waals surface area (Å²) in [6.45, 7) is 2.65. The Morgan fingerprint density at radius 1 is 1.17 bits per heavy atom. The number of nitrogens with zero attached hydrogens (tertiary/aromatic N) is 2. The van der Waals surface area contributed by atoms with Crippen LogP contribution >= 0.6 is 9.39 Å². The molecule has 1 heterocycles. The van der Waals surface area contributed by atoms with Crippen molar-refractivity contribution in [3.63, 3.8) is 0 Å². The molecule has 0 spiro atoms. The van der Waals surface area contributed by atoms with Gasteiger partial charge in [0.15, 0.2) is 0 Å². The molecule has 1 unspecified atom stereocenters. The van der Waals surface area contributed by atoms with Crippen LogP contribution in [0.25, 0.3) is 0 Å². The summed E-state index contributed by atoms with van der Waals surface area (Å²) in [7, 11) is 4.96. The molecule has 0 amide bonds. The third kappa shape index (κ3) is 1.99. The van der Waals surface area contributed by atoms with Crippen LogP contribution in [0.15, 0.2) is 0 Å².